The Bertz CT molecular complexity index is 1470. The highest BCUT2D eigenvalue weighted by Crippen LogP contribution is 2.26. The molecule has 1 fully saturated rings. The maximum atomic E-state index is 13.1. The first-order chi connectivity index (χ1) is 34.6. The number of carboxylic acids is 1. The Hall–Kier alpha value is -3.58. The van der Waals surface area contributed by atoms with E-state index in [4.69, 9.17) is 23.7 Å². The van der Waals surface area contributed by atoms with Crippen LogP contribution in [0.1, 0.15) is 239 Å². The van der Waals surface area contributed by atoms with Crippen LogP contribution in [0.2, 0.25) is 0 Å². The van der Waals surface area contributed by atoms with Gasteiger partial charge in [0, 0.05) is 19.3 Å². The standard InChI is InChI=1S/C59H100O12/c1-4-7-10-13-16-19-22-24-25-26-27-29-31-33-36-39-42-45-51(60)67-48-50(69-52(61)46-43-40-37-35-32-28-23-20-17-14-11-8-5-2)49-68-59-57(55(64)54(63)56(71-59)58(65)66)70-53(62)47-44-41-38-34-30-21-18-15-12-9-6-3/h7,10,15-16,18-20,23-25,50,54-57,59,63-64H,4-6,8-9,11-14,17,21-22,26-49H2,1-3H3,(H,65,66)/b10-7-,18-15-,19-16-,23-20-,25-24-. The Labute approximate surface area is 430 Å². The number of aliphatic carboxylic acids is 1. The van der Waals surface area contributed by atoms with E-state index in [9.17, 15) is 34.5 Å². The summed E-state index contributed by atoms with van der Waals surface area (Å²) < 4.78 is 28.3. The Morgan fingerprint density at radius 3 is 1.41 bits per heavy atom. The molecule has 1 aliphatic rings. The Kier molecular flexibility index (Phi) is 43.7. The van der Waals surface area contributed by atoms with Crippen LogP contribution in [0.5, 0.6) is 0 Å². The second-order valence-electron chi connectivity index (χ2n) is 19.2. The summed E-state index contributed by atoms with van der Waals surface area (Å²) in [5.41, 5.74) is 0. The summed E-state index contributed by atoms with van der Waals surface area (Å²) in [6, 6.07) is 0. The fourth-order valence-corrected chi connectivity index (χ4v) is 8.18. The van der Waals surface area contributed by atoms with E-state index >= 15 is 0 Å². The largest absolute Gasteiger partial charge is 0.479 e. The molecule has 0 aromatic carbocycles. The van der Waals surface area contributed by atoms with E-state index in [1.807, 2.05) is 0 Å². The molecule has 1 heterocycles. The van der Waals surface area contributed by atoms with Crippen LogP contribution in [0.15, 0.2) is 60.8 Å². The van der Waals surface area contributed by atoms with Crippen LogP contribution in [-0.2, 0) is 42.9 Å². The van der Waals surface area contributed by atoms with Gasteiger partial charge in [0.2, 0.25) is 0 Å². The van der Waals surface area contributed by atoms with Crippen molar-refractivity contribution < 1.29 is 58.2 Å². The maximum absolute atomic E-state index is 13.1. The van der Waals surface area contributed by atoms with Crippen LogP contribution in [0.3, 0.4) is 0 Å². The minimum Gasteiger partial charge on any atom is -0.479 e. The molecule has 12 heteroatoms. The van der Waals surface area contributed by atoms with Gasteiger partial charge in [-0.1, -0.05) is 184 Å². The van der Waals surface area contributed by atoms with Gasteiger partial charge in [-0.15, -0.1) is 0 Å². The Morgan fingerprint density at radius 1 is 0.479 bits per heavy atom. The van der Waals surface area contributed by atoms with Crippen LogP contribution in [-0.4, -0.2) is 89.2 Å². The minimum absolute atomic E-state index is 0.0476. The number of rotatable bonds is 47. The highest BCUT2D eigenvalue weighted by Gasteiger charge is 2.50. The first-order valence-corrected chi connectivity index (χ1v) is 28.3. The number of carbonyl (C=O) groups is 4. The Balaban J connectivity index is 2.71. The van der Waals surface area contributed by atoms with Crippen molar-refractivity contribution in [2.75, 3.05) is 13.2 Å². The predicted molar refractivity (Wildman–Crippen MR) is 285 cm³/mol. The van der Waals surface area contributed by atoms with Crippen LogP contribution >= 0.6 is 0 Å². The van der Waals surface area contributed by atoms with Gasteiger partial charge in [0.1, 0.15) is 18.8 Å². The molecule has 12 nitrogen and oxygen atoms in total. The third-order valence-corrected chi connectivity index (χ3v) is 12.5. The van der Waals surface area contributed by atoms with Gasteiger partial charge in [-0.05, 0) is 96.3 Å². The lowest BCUT2D eigenvalue weighted by Gasteiger charge is -2.40. The molecule has 6 unspecified atom stereocenters. The van der Waals surface area contributed by atoms with Gasteiger partial charge >= 0.3 is 23.9 Å². The number of hydrogen-bond donors (Lipinski definition) is 3. The van der Waals surface area contributed by atoms with Crippen molar-refractivity contribution in [3.63, 3.8) is 0 Å². The number of carboxylic acid groups (broad SMARTS) is 1. The zero-order valence-corrected chi connectivity index (χ0v) is 44.7. The summed E-state index contributed by atoms with van der Waals surface area (Å²) in [5.74, 6) is -3.15. The van der Waals surface area contributed by atoms with Crippen molar-refractivity contribution >= 4 is 23.9 Å². The predicted octanol–water partition coefficient (Wildman–Crippen LogP) is 14.0. The van der Waals surface area contributed by atoms with Gasteiger partial charge in [-0.3, -0.25) is 14.4 Å². The molecule has 1 saturated heterocycles. The van der Waals surface area contributed by atoms with Gasteiger partial charge < -0.3 is 39.0 Å². The number of esters is 3. The summed E-state index contributed by atoms with van der Waals surface area (Å²) in [4.78, 5) is 51.0. The van der Waals surface area contributed by atoms with Gasteiger partial charge in [0.05, 0.1) is 6.61 Å². The van der Waals surface area contributed by atoms with E-state index in [1.165, 1.54) is 44.9 Å². The normalized spacial score (nSPS) is 18.9. The summed E-state index contributed by atoms with van der Waals surface area (Å²) in [7, 11) is 0. The third kappa shape index (κ3) is 37.8. The molecule has 0 radical (unpaired) electrons. The maximum Gasteiger partial charge on any atom is 0.335 e. The van der Waals surface area contributed by atoms with Crippen molar-refractivity contribution in [1.29, 1.82) is 0 Å². The summed E-state index contributed by atoms with van der Waals surface area (Å²) >= 11 is 0. The minimum atomic E-state index is -1.91. The van der Waals surface area contributed by atoms with E-state index in [2.05, 4.69) is 81.5 Å². The average molecular weight is 1000 g/mol. The molecular formula is C59H100O12. The zero-order valence-electron chi connectivity index (χ0n) is 44.7. The van der Waals surface area contributed by atoms with Crippen molar-refractivity contribution in [1.82, 2.24) is 0 Å². The SMILES string of the molecule is CC/C=C\C/C=C\C/C=C\CCCCCCCCCC(=O)OCC(COC1OC(C(=O)O)C(O)C(O)C1OC(=O)CCCCCCC/C=C\CCCC)OC(=O)CCCCCCC/C=C\CCCCCC. The smallest absolute Gasteiger partial charge is 0.335 e. The molecule has 0 amide bonds. The molecule has 0 spiro atoms. The molecule has 71 heavy (non-hydrogen) atoms. The zero-order chi connectivity index (χ0) is 51.8. The number of unbranched alkanes of at least 4 members (excludes halogenated alkanes) is 23. The number of allylic oxidation sites excluding steroid dienone is 10. The Morgan fingerprint density at radius 2 is 0.901 bits per heavy atom. The monoisotopic (exact) mass is 1000 g/mol. The fraction of sp³-hybridized carbons (Fsp3) is 0.763. The lowest BCUT2D eigenvalue weighted by molar-refractivity contribution is -0.301. The van der Waals surface area contributed by atoms with Crippen molar-refractivity contribution in [2.45, 2.75) is 276 Å². The average Bonchev–Trinajstić information content (AvgIpc) is 3.35. The van der Waals surface area contributed by atoms with Gasteiger partial charge in [0.25, 0.3) is 0 Å². The van der Waals surface area contributed by atoms with Gasteiger partial charge in [0.15, 0.2) is 24.6 Å². The second kappa shape index (κ2) is 47.4. The molecule has 0 bridgehead atoms. The second-order valence-corrected chi connectivity index (χ2v) is 19.2. The molecule has 0 aromatic rings. The number of hydrogen-bond acceptors (Lipinski definition) is 11. The first kappa shape index (κ1) is 65.4. The van der Waals surface area contributed by atoms with Crippen molar-refractivity contribution in [3.8, 4) is 0 Å². The highest BCUT2D eigenvalue weighted by molar-refractivity contribution is 5.74. The molecule has 3 N–H and O–H groups in total. The number of carbonyl (C=O) groups excluding carboxylic acids is 3. The van der Waals surface area contributed by atoms with Crippen molar-refractivity contribution in [2.24, 2.45) is 0 Å². The van der Waals surface area contributed by atoms with E-state index in [-0.39, 0.29) is 25.9 Å². The molecule has 0 saturated carbocycles. The summed E-state index contributed by atoms with van der Waals surface area (Å²) in [6.45, 7) is 5.79. The molecule has 6 atom stereocenters. The topological polar surface area (TPSA) is 175 Å². The quantitative estimate of drug-likeness (QED) is 0.0228. The van der Waals surface area contributed by atoms with Crippen LogP contribution in [0.25, 0.3) is 0 Å². The number of ether oxygens (including phenoxy) is 5. The van der Waals surface area contributed by atoms with Crippen LogP contribution in [0.4, 0.5) is 0 Å². The third-order valence-electron chi connectivity index (χ3n) is 12.5. The van der Waals surface area contributed by atoms with Crippen LogP contribution in [0, 0.1) is 0 Å². The van der Waals surface area contributed by atoms with Crippen LogP contribution < -0.4 is 0 Å². The first-order valence-electron chi connectivity index (χ1n) is 28.3. The summed E-state index contributed by atoms with van der Waals surface area (Å²) in [6.07, 6.45) is 44.9. The van der Waals surface area contributed by atoms with Gasteiger partial charge in [-0.25, -0.2) is 4.79 Å². The number of aliphatic hydroxyl groups excluding tert-OH is 2. The fourth-order valence-electron chi connectivity index (χ4n) is 8.18. The van der Waals surface area contributed by atoms with E-state index in [0.29, 0.717) is 19.3 Å². The van der Waals surface area contributed by atoms with E-state index in [0.717, 1.165) is 135 Å². The van der Waals surface area contributed by atoms with E-state index < -0.39 is 67.3 Å². The lowest BCUT2D eigenvalue weighted by Crippen LogP contribution is -2.61. The molecule has 1 aliphatic heterocycles. The number of aliphatic hydroxyl groups is 2. The lowest BCUT2D eigenvalue weighted by atomic mass is 9.98. The molecule has 0 aliphatic carbocycles. The van der Waals surface area contributed by atoms with Gasteiger partial charge in [-0.2, -0.15) is 0 Å². The highest BCUT2D eigenvalue weighted by atomic mass is 16.7. The molecule has 0 aromatic heterocycles. The molecule has 1 rings (SSSR count). The summed E-state index contributed by atoms with van der Waals surface area (Å²) in [5, 5.41) is 31.4. The van der Waals surface area contributed by atoms with Crippen molar-refractivity contribution in [3.05, 3.63) is 60.8 Å². The molecular weight excluding hydrogens is 901 g/mol. The molecule has 408 valence electrons. The van der Waals surface area contributed by atoms with E-state index in [1.54, 1.807) is 0 Å².